The molecule has 1 N–H and O–H groups in total. The van der Waals surface area contributed by atoms with E-state index in [1.165, 1.54) is 4.73 Å². The number of aromatic amines is 1. The van der Waals surface area contributed by atoms with Crippen molar-refractivity contribution in [3.63, 3.8) is 0 Å². The number of benzene rings is 1. The molecule has 2 rings (SSSR count). The molecular weight excluding hydrogens is 262 g/mol. The normalized spacial score (nSPS) is 9.17. The summed E-state index contributed by atoms with van der Waals surface area (Å²) in [7, 11) is 0. The first-order chi connectivity index (χ1) is 8.59. The van der Waals surface area contributed by atoms with Crippen molar-refractivity contribution in [3.05, 3.63) is 68.9 Å². The molecule has 0 spiro atoms. The van der Waals surface area contributed by atoms with Crippen molar-refractivity contribution in [1.29, 1.82) is 0 Å². The molecular formula is C10H10ClN3O4. The van der Waals surface area contributed by atoms with Gasteiger partial charge in [0.05, 0.1) is 5.09 Å². The predicted octanol–water partition coefficient (Wildman–Crippen LogP) is 1.35. The summed E-state index contributed by atoms with van der Waals surface area (Å²) >= 11 is 5.79. The number of hydrogen-bond acceptors (Lipinski definition) is 4. The molecule has 0 atom stereocenters. The molecule has 0 aliphatic heterocycles. The smallest absolute Gasteiger partial charge is 0.356 e. The highest BCUT2D eigenvalue weighted by atomic mass is 35.5. The van der Waals surface area contributed by atoms with Gasteiger partial charge in [-0.3, -0.25) is 0 Å². The van der Waals surface area contributed by atoms with Gasteiger partial charge in [-0.05, 0) is 10.3 Å². The van der Waals surface area contributed by atoms with E-state index in [4.69, 9.17) is 31.8 Å². The number of hydrogen-bond donors (Lipinski definition) is 1. The lowest BCUT2D eigenvalue weighted by atomic mass is 10.2. The van der Waals surface area contributed by atoms with Crippen LogP contribution in [0.2, 0.25) is 5.28 Å². The average molecular weight is 272 g/mol. The molecule has 0 fully saturated rings. The Kier molecular flexibility index (Phi) is 5.46. The highest BCUT2D eigenvalue weighted by Gasteiger charge is 2.07. The standard InChI is InChI=1S/C10H9ClN2O.NO3/c11-10-12-6-7-13(10)14-8-9-4-2-1-3-5-9;2-1(3)4/h1-7H,8H2;/q;-1/p+1. The third kappa shape index (κ3) is 5.17. The maximum absolute atomic E-state index is 8.25. The summed E-state index contributed by atoms with van der Waals surface area (Å²) < 4.78 is 1.49. The highest BCUT2D eigenvalue weighted by Crippen LogP contribution is 1.98. The van der Waals surface area contributed by atoms with Crippen molar-refractivity contribution in [2.24, 2.45) is 0 Å². The second-order valence-electron chi connectivity index (χ2n) is 3.06. The number of imidazole rings is 1. The Morgan fingerprint density at radius 3 is 2.44 bits per heavy atom. The average Bonchev–Trinajstić information content (AvgIpc) is 2.73. The van der Waals surface area contributed by atoms with Gasteiger partial charge >= 0.3 is 5.28 Å². The van der Waals surface area contributed by atoms with E-state index in [2.05, 4.69) is 4.98 Å². The van der Waals surface area contributed by atoms with E-state index in [0.717, 1.165) is 5.56 Å². The van der Waals surface area contributed by atoms with Gasteiger partial charge in [-0.15, -0.1) is 0 Å². The van der Waals surface area contributed by atoms with Crippen molar-refractivity contribution < 1.29 is 14.7 Å². The SMILES string of the molecule is Clc1[nH]cc[n+]1OCc1ccccc1.O=[N+]([O-])[O-]. The van der Waals surface area contributed by atoms with Crippen LogP contribution in [-0.2, 0) is 6.61 Å². The molecule has 1 aromatic carbocycles. The second kappa shape index (κ2) is 7.13. The summed E-state index contributed by atoms with van der Waals surface area (Å²) in [6.07, 6.45) is 3.44. The molecule has 0 bridgehead atoms. The van der Waals surface area contributed by atoms with Crippen LogP contribution in [0, 0.1) is 15.3 Å². The minimum Gasteiger partial charge on any atom is -0.356 e. The van der Waals surface area contributed by atoms with Crippen LogP contribution in [0.3, 0.4) is 0 Å². The van der Waals surface area contributed by atoms with Crippen LogP contribution in [0.15, 0.2) is 42.7 Å². The zero-order valence-corrected chi connectivity index (χ0v) is 9.91. The lowest BCUT2D eigenvalue weighted by Gasteiger charge is -1.99. The molecule has 0 aliphatic rings. The third-order valence-corrected chi connectivity index (χ3v) is 2.09. The molecule has 0 unspecified atom stereocenters. The van der Waals surface area contributed by atoms with E-state index >= 15 is 0 Å². The summed E-state index contributed by atoms with van der Waals surface area (Å²) in [5.41, 5.74) is 1.11. The number of nitrogens with zero attached hydrogens (tertiary/aromatic N) is 2. The zero-order chi connectivity index (χ0) is 13.4. The van der Waals surface area contributed by atoms with Crippen molar-refractivity contribution in [2.45, 2.75) is 6.61 Å². The fraction of sp³-hybridized carbons (Fsp3) is 0.100. The van der Waals surface area contributed by atoms with Gasteiger partial charge in [0.1, 0.15) is 6.20 Å². The van der Waals surface area contributed by atoms with E-state index < -0.39 is 5.09 Å². The van der Waals surface area contributed by atoms with E-state index in [-0.39, 0.29) is 0 Å². The lowest BCUT2D eigenvalue weighted by molar-refractivity contribution is -0.892. The highest BCUT2D eigenvalue weighted by molar-refractivity contribution is 6.27. The quantitative estimate of drug-likeness (QED) is 0.518. The molecule has 8 heteroatoms. The van der Waals surface area contributed by atoms with Crippen LogP contribution >= 0.6 is 11.6 Å². The van der Waals surface area contributed by atoms with Gasteiger partial charge in [0, 0.05) is 11.6 Å². The maximum Gasteiger partial charge on any atom is 0.391 e. The van der Waals surface area contributed by atoms with Gasteiger partial charge in [-0.25, -0.2) is 4.98 Å². The molecule has 96 valence electrons. The molecule has 0 radical (unpaired) electrons. The number of H-pyrrole nitrogens is 1. The summed E-state index contributed by atoms with van der Waals surface area (Å²) in [5, 5.41) is 15.2. The zero-order valence-electron chi connectivity index (χ0n) is 9.15. The molecule has 0 aliphatic carbocycles. The van der Waals surface area contributed by atoms with Gasteiger partial charge in [-0.1, -0.05) is 30.3 Å². The Morgan fingerprint density at radius 2 is 1.94 bits per heavy atom. The molecule has 2 aromatic rings. The number of nitrogens with one attached hydrogen (secondary N) is 1. The predicted molar refractivity (Wildman–Crippen MR) is 63.1 cm³/mol. The van der Waals surface area contributed by atoms with Crippen LogP contribution in [0.1, 0.15) is 5.56 Å². The van der Waals surface area contributed by atoms with Crippen LogP contribution in [0.4, 0.5) is 0 Å². The van der Waals surface area contributed by atoms with Crippen LogP contribution < -0.4 is 9.57 Å². The molecule has 1 aromatic heterocycles. The van der Waals surface area contributed by atoms with Gasteiger partial charge in [0.2, 0.25) is 0 Å². The van der Waals surface area contributed by atoms with Crippen LogP contribution in [0.5, 0.6) is 0 Å². The minimum atomic E-state index is -1.75. The monoisotopic (exact) mass is 271 g/mol. The summed E-state index contributed by atoms with van der Waals surface area (Å²) in [6, 6.07) is 9.92. The number of aromatic nitrogens is 2. The van der Waals surface area contributed by atoms with Crippen LogP contribution in [-0.4, -0.2) is 10.1 Å². The largest absolute Gasteiger partial charge is 0.391 e. The Hall–Kier alpha value is -2.28. The molecule has 1 heterocycles. The summed E-state index contributed by atoms with van der Waals surface area (Å²) in [4.78, 5) is 16.5. The second-order valence-corrected chi connectivity index (χ2v) is 3.42. The Labute approximate surface area is 107 Å². The van der Waals surface area contributed by atoms with Gasteiger partial charge in [0.15, 0.2) is 12.8 Å². The topological polar surface area (TPSA) is 95.1 Å². The van der Waals surface area contributed by atoms with Gasteiger partial charge < -0.3 is 20.2 Å². The van der Waals surface area contributed by atoms with Gasteiger partial charge in [0.25, 0.3) is 0 Å². The molecule has 7 nitrogen and oxygen atoms in total. The fourth-order valence-corrected chi connectivity index (χ4v) is 1.29. The van der Waals surface area contributed by atoms with Crippen molar-refractivity contribution in [1.82, 2.24) is 4.98 Å². The van der Waals surface area contributed by atoms with E-state index in [1.807, 2.05) is 30.3 Å². The first-order valence-corrected chi connectivity index (χ1v) is 5.20. The molecule has 18 heavy (non-hydrogen) atoms. The van der Waals surface area contributed by atoms with Crippen molar-refractivity contribution in [2.75, 3.05) is 0 Å². The van der Waals surface area contributed by atoms with Crippen molar-refractivity contribution >= 4 is 11.6 Å². The van der Waals surface area contributed by atoms with E-state index in [0.29, 0.717) is 11.9 Å². The lowest BCUT2D eigenvalue weighted by Crippen LogP contribution is -2.41. The molecule has 0 saturated heterocycles. The van der Waals surface area contributed by atoms with Crippen LogP contribution in [0.25, 0.3) is 0 Å². The molecule has 0 saturated carbocycles. The minimum absolute atomic E-state index is 0.459. The maximum atomic E-state index is 8.25. The fourth-order valence-electron chi connectivity index (χ4n) is 1.12. The first kappa shape index (κ1) is 13.8. The number of halogens is 1. The van der Waals surface area contributed by atoms with Crippen molar-refractivity contribution in [3.8, 4) is 0 Å². The Bertz CT molecular complexity index is 485. The Morgan fingerprint density at radius 1 is 1.33 bits per heavy atom. The van der Waals surface area contributed by atoms with Gasteiger partial charge in [-0.2, -0.15) is 0 Å². The summed E-state index contributed by atoms with van der Waals surface area (Å²) in [6.45, 7) is 0.503. The van der Waals surface area contributed by atoms with E-state index in [1.54, 1.807) is 12.4 Å². The van der Waals surface area contributed by atoms with E-state index in [9.17, 15) is 0 Å². The molecule has 0 amide bonds. The Balaban J connectivity index is 0.000000357. The number of rotatable bonds is 3. The first-order valence-electron chi connectivity index (χ1n) is 4.83. The third-order valence-electron chi connectivity index (χ3n) is 1.82. The summed E-state index contributed by atoms with van der Waals surface area (Å²) in [5.74, 6) is 0.